The Kier molecular flexibility index (Phi) is 5.35. The van der Waals surface area contributed by atoms with E-state index in [1.807, 2.05) is 32.0 Å². The lowest BCUT2D eigenvalue weighted by molar-refractivity contribution is -0.119. The standard InChI is InChI=1S/C23H18ClNO3S/c1-14-5-3-7-19(15(14)2)25-22(26)20(16-8-10-17(24)11-9-16)21(23(25)27)29-13-18-6-4-12-28-18/h3-12H,13H2,1-2H3. The van der Waals surface area contributed by atoms with Crippen molar-refractivity contribution < 1.29 is 14.0 Å². The first-order chi connectivity index (χ1) is 14.0. The molecule has 0 unspecified atom stereocenters. The first-order valence-electron chi connectivity index (χ1n) is 9.07. The van der Waals surface area contributed by atoms with Crippen LogP contribution < -0.4 is 4.90 Å². The number of imide groups is 1. The van der Waals surface area contributed by atoms with Crippen molar-refractivity contribution in [2.45, 2.75) is 19.6 Å². The van der Waals surface area contributed by atoms with Gasteiger partial charge in [0, 0.05) is 5.02 Å². The minimum absolute atomic E-state index is 0.315. The van der Waals surface area contributed by atoms with Crippen LogP contribution in [-0.2, 0) is 15.3 Å². The molecule has 0 saturated carbocycles. The monoisotopic (exact) mass is 423 g/mol. The maximum absolute atomic E-state index is 13.4. The quantitative estimate of drug-likeness (QED) is 0.489. The van der Waals surface area contributed by atoms with E-state index in [0.717, 1.165) is 16.9 Å². The van der Waals surface area contributed by atoms with Gasteiger partial charge in [0.05, 0.1) is 28.2 Å². The molecule has 0 fully saturated rings. The van der Waals surface area contributed by atoms with Gasteiger partial charge >= 0.3 is 0 Å². The summed E-state index contributed by atoms with van der Waals surface area (Å²) in [6.07, 6.45) is 1.59. The maximum Gasteiger partial charge on any atom is 0.272 e. The van der Waals surface area contributed by atoms with Gasteiger partial charge in [0.2, 0.25) is 0 Å². The van der Waals surface area contributed by atoms with Crippen LogP contribution >= 0.6 is 23.4 Å². The van der Waals surface area contributed by atoms with E-state index in [-0.39, 0.29) is 11.8 Å². The van der Waals surface area contributed by atoms with Crippen LogP contribution in [0.5, 0.6) is 0 Å². The molecule has 2 amide bonds. The highest BCUT2D eigenvalue weighted by Crippen LogP contribution is 2.40. The van der Waals surface area contributed by atoms with Gasteiger partial charge in [-0.2, -0.15) is 0 Å². The Morgan fingerprint density at radius 2 is 1.72 bits per heavy atom. The number of anilines is 1. The van der Waals surface area contributed by atoms with Crippen LogP contribution in [0.2, 0.25) is 5.02 Å². The molecule has 2 heterocycles. The summed E-state index contributed by atoms with van der Waals surface area (Å²) >= 11 is 7.33. The van der Waals surface area contributed by atoms with Crippen molar-refractivity contribution in [1.29, 1.82) is 0 Å². The van der Waals surface area contributed by atoms with Crippen molar-refractivity contribution in [3.63, 3.8) is 0 Å². The van der Waals surface area contributed by atoms with Gasteiger partial charge in [-0.1, -0.05) is 35.9 Å². The molecule has 146 valence electrons. The fourth-order valence-electron chi connectivity index (χ4n) is 3.25. The fraction of sp³-hybridized carbons (Fsp3) is 0.130. The zero-order valence-electron chi connectivity index (χ0n) is 15.9. The number of amides is 2. The van der Waals surface area contributed by atoms with E-state index in [0.29, 0.717) is 32.5 Å². The van der Waals surface area contributed by atoms with Gasteiger partial charge in [-0.15, -0.1) is 11.8 Å². The first-order valence-corrected chi connectivity index (χ1v) is 10.4. The van der Waals surface area contributed by atoms with Crippen LogP contribution in [0.25, 0.3) is 5.57 Å². The van der Waals surface area contributed by atoms with E-state index in [1.165, 1.54) is 16.7 Å². The molecular formula is C23H18ClNO3S. The second-order valence-corrected chi connectivity index (χ2v) is 8.17. The minimum Gasteiger partial charge on any atom is -0.468 e. The number of benzene rings is 2. The molecule has 0 bridgehead atoms. The largest absolute Gasteiger partial charge is 0.468 e. The van der Waals surface area contributed by atoms with Crippen molar-refractivity contribution in [2.24, 2.45) is 0 Å². The predicted octanol–water partition coefficient (Wildman–Crippen LogP) is 5.77. The average Bonchev–Trinajstić information content (AvgIpc) is 3.30. The summed E-state index contributed by atoms with van der Waals surface area (Å²) in [5.41, 5.74) is 3.60. The maximum atomic E-state index is 13.4. The second-order valence-electron chi connectivity index (χ2n) is 6.74. The highest BCUT2D eigenvalue weighted by atomic mass is 35.5. The van der Waals surface area contributed by atoms with Crippen molar-refractivity contribution in [1.82, 2.24) is 0 Å². The number of hydrogen-bond acceptors (Lipinski definition) is 4. The van der Waals surface area contributed by atoms with E-state index in [9.17, 15) is 9.59 Å². The Balaban J connectivity index is 1.78. The summed E-state index contributed by atoms with van der Waals surface area (Å²) in [7, 11) is 0. The zero-order valence-corrected chi connectivity index (χ0v) is 17.5. The van der Waals surface area contributed by atoms with Gasteiger partial charge in [-0.25, -0.2) is 4.90 Å². The molecule has 0 saturated heterocycles. The molecule has 1 aromatic heterocycles. The second kappa shape index (κ2) is 7.93. The summed E-state index contributed by atoms with van der Waals surface area (Å²) in [5, 5.41) is 0.572. The summed E-state index contributed by atoms with van der Waals surface area (Å²) < 4.78 is 5.39. The summed E-state index contributed by atoms with van der Waals surface area (Å²) in [6, 6.07) is 16.2. The van der Waals surface area contributed by atoms with Gasteiger partial charge in [0.15, 0.2) is 0 Å². The lowest BCUT2D eigenvalue weighted by Gasteiger charge is -2.19. The van der Waals surface area contributed by atoms with Crippen molar-refractivity contribution >= 4 is 46.4 Å². The molecule has 3 aromatic rings. The lowest BCUT2D eigenvalue weighted by Crippen LogP contribution is -2.32. The van der Waals surface area contributed by atoms with Crippen LogP contribution in [-0.4, -0.2) is 11.8 Å². The third kappa shape index (κ3) is 3.63. The third-order valence-corrected chi connectivity index (χ3v) is 6.28. The number of thioether (sulfide) groups is 1. The van der Waals surface area contributed by atoms with Crippen LogP contribution in [0.1, 0.15) is 22.5 Å². The van der Waals surface area contributed by atoms with Gasteiger partial charge in [-0.3, -0.25) is 9.59 Å². The molecule has 29 heavy (non-hydrogen) atoms. The van der Waals surface area contributed by atoms with Gasteiger partial charge in [0.1, 0.15) is 5.76 Å². The Bertz CT molecular complexity index is 1120. The molecule has 0 atom stereocenters. The molecule has 0 aliphatic carbocycles. The molecular weight excluding hydrogens is 406 g/mol. The van der Waals surface area contributed by atoms with Gasteiger partial charge in [0.25, 0.3) is 11.8 Å². The van der Waals surface area contributed by atoms with Crippen molar-refractivity contribution in [3.05, 3.63) is 93.2 Å². The van der Waals surface area contributed by atoms with Crippen LogP contribution in [0.3, 0.4) is 0 Å². The number of carbonyl (C=O) groups is 2. The van der Waals surface area contributed by atoms with E-state index >= 15 is 0 Å². The van der Waals surface area contributed by atoms with Crippen LogP contribution in [0.4, 0.5) is 5.69 Å². The first kappa shape index (κ1) is 19.6. The average molecular weight is 424 g/mol. The Morgan fingerprint density at radius 3 is 2.41 bits per heavy atom. The topological polar surface area (TPSA) is 50.5 Å². The van der Waals surface area contributed by atoms with Crippen molar-refractivity contribution in [3.8, 4) is 0 Å². The van der Waals surface area contributed by atoms with Crippen LogP contribution in [0.15, 0.2) is 70.2 Å². The van der Waals surface area contributed by atoms with E-state index in [4.69, 9.17) is 16.0 Å². The smallest absolute Gasteiger partial charge is 0.272 e. The highest BCUT2D eigenvalue weighted by Gasteiger charge is 2.40. The summed E-state index contributed by atoms with van der Waals surface area (Å²) in [6.45, 7) is 3.88. The number of furan rings is 1. The molecule has 0 N–H and O–H groups in total. The van der Waals surface area contributed by atoms with Crippen molar-refractivity contribution in [2.75, 3.05) is 4.90 Å². The molecule has 0 radical (unpaired) electrons. The van der Waals surface area contributed by atoms with E-state index in [2.05, 4.69) is 0 Å². The Morgan fingerprint density at radius 1 is 0.966 bits per heavy atom. The summed E-state index contributed by atoms with van der Waals surface area (Å²) in [5.74, 6) is 0.556. The van der Waals surface area contributed by atoms with Crippen LogP contribution in [0, 0.1) is 13.8 Å². The summed E-state index contributed by atoms with van der Waals surface area (Å²) in [4.78, 5) is 28.5. The molecule has 4 nitrogen and oxygen atoms in total. The number of halogens is 1. The number of nitrogens with zero attached hydrogens (tertiary/aromatic N) is 1. The third-order valence-electron chi connectivity index (χ3n) is 4.93. The highest BCUT2D eigenvalue weighted by molar-refractivity contribution is 8.03. The molecule has 1 aliphatic rings. The molecule has 4 rings (SSSR count). The SMILES string of the molecule is Cc1cccc(N2C(=O)C(SCc3ccco3)=C(c3ccc(Cl)cc3)C2=O)c1C. The minimum atomic E-state index is -0.326. The number of rotatable bonds is 5. The Hall–Kier alpha value is -2.76. The fourth-order valence-corrected chi connectivity index (χ4v) is 4.39. The van der Waals surface area contributed by atoms with E-state index in [1.54, 1.807) is 42.7 Å². The molecule has 1 aliphatic heterocycles. The van der Waals surface area contributed by atoms with Gasteiger partial charge < -0.3 is 4.42 Å². The Labute approximate surface area is 178 Å². The number of aryl methyl sites for hydroxylation is 1. The van der Waals surface area contributed by atoms with E-state index < -0.39 is 0 Å². The lowest BCUT2D eigenvalue weighted by atomic mass is 10.1. The molecule has 6 heteroatoms. The normalized spacial score (nSPS) is 14.2. The zero-order chi connectivity index (χ0) is 20.5. The number of hydrogen-bond donors (Lipinski definition) is 0. The molecule has 0 spiro atoms. The molecule has 2 aromatic carbocycles. The number of carbonyl (C=O) groups excluding carboxylic acids is 2. The van der Waals surface area contributed by atoms with Gasteiger partial charge in [-0.05, 0) is 60.9 Å². The predicted molar refractivity (Wildman–Crippen MR) is 117 cm³/mol.